The normalized spacial score (nSPS) is 10.7. The van der Waals surface area contributed by atoms with E-state index in [9.17, 15) is 14.0 Å². The molecule has 0 aliphatic carbocycles. The summed E-state index contributed by atoms with van der Waals surface area (Å²) in [6, 6.07) is 13.6. The number of aryl methyl sites for hydroxylation is 1. The minimum Gasteiger partial charge on any atom is -0.352 e. The van der Waals surface area contributed by atoms with Crippen molar-refractivity contribution in [1.82, 2.24) is 20.4 Å². The van der Waals surface area contributed by atoms with Gasteiger partial charge in [-0.25, -0.2) is 4.39 Å². The number of hydrogen-bond acceptors (Lipinski definition) is 3. The molecule has 1 heterocycles. The van der Waals surface area contributed by atoms with Crippen molar-refractivity contribution in [3.8, 4) is 0 Å². The van der Waals surface area contributed by atoms with Crippen LogP contribution >= 0.6 is 11.6 Å². The van der Waals surface area contributed by atoms with E-state index in [1.54, 1.807) is 0 Å². The van der Waals surface area contributed by atoms with E-state index in [1.807, 2.05) is 48.9 Å². The quantitative estimate of drug-likeness (QED) is 0.557. The average molecular weight is 443 g/mol. The number of rotatable bonds is 8. The maximum absolute atomic E-state index is 13.1. The lowest BCUT2D eigenvalue weighted by Crippen LogP contribution is -2.30. The molecular weight excluding hydrogens is 419 g/mol. The predicted octanol–water partition coefficient (Wildman–Crippen LogP) is 3.78. The molecule has 0 fully saturated rings. The first kappa shape index (κ1) is 22.5. The molecule has 0 aliphatic rings. The van der Waals surface area contributed by atoms with Crippen molar-refractivity contribution in [3.05, 3.63) is 87.4 Å². The first-order valence-corrected chi connectivity index (χ1v) is 10.3. The monoisotopic (exact) mass is 442 g/mol. The van der Waals surface area contributed by atoms with E-state index in [0.717, 1.165) is 34.6 Å². The van der Waals surface area contributed by atoms with Crippen LogP contribution in [0.3, 0.4) is 0 Å². The fourth-order valence-electron chi connectivity index (χ4n) is 3.23. The summed E-state index contributed by atoms with van der Waals surface area (Å²) in [4.78, 5) is 24.3. The van der Waals surface area contributed by atoms with Gasteiger partial charge in [-0.05, 0) is 37.6 Å². The second-order valence-corrected chi connectivity index (χ2v) is 7.61. The van der Waals surface area contributed by atoms with Crippen LogP contribution in [0, 0.1) is 19.7 Å². The fourth-order valence-corrected chi connectivity index (χ4v) is 3.49. The van der Waals surface area contributed by atoms with Crippen molar-refractivity contribution >= 4 is 23.4 Å². The van der Waals surface area contributed by atoms with E-state index in [-0.39, 0.29) is 29.5 Å². The Morgan fingerprint density at radius 1 is 1.10 bits per heavy atom. The molecule has 162 valence electrons. The molecule has 2 aromatic carbocycles. The Labute approximate surface area is 185 Å². The molecule has 0 aliphatic heterocycles. The molecule has 0 radical (unpaired) electrons. The van der Waals surface area contributed by atoms with Crippen molar-refractivity contribution in [3.63, 3.8) is 0 Å². The second kappa shape index (κ2) is 10.2. The molecule has 6 nitrogen and oxygen atoms in total. The zero-order valence-electron chi connectivity index (χ0n) is 17.4. The smallest absolute Gasteiger partial charge is 0.252 e. The number of amides is 2. The van der Waals surface area contributed by atoms with Crippen LogP contribution in [0.25, 0.3) is 0 Å². The summed E-state index contributed by atoms with van der Waals surface area (Å²) in [5, 5.41) is 10.1. The highest BCUT2D eigenvalue weighted by Crippen LogP contribution is 2.17. The van der Waals surface area contributed by atoms with Gasteiger partial charge >= 0.3 is 0 Å². The van der Waals surface area contributed by atoms with Gasteiger partial charge in [0.05, 0.1) is 22.8 Å². The number of hydrogen-bond donors (Lipinski definition) is 2. The Morgan fingerprint density at radius 2 is 1.84 bits per heavy atom. The van der Waals surface area contributed by atoms with Crippen molar-refractivity contribution in [2.45, 2.75) is 33.4 Å². The largest absolute Gasteiger partial charge is 0.352 e. The third-order valence-corrected chi connectivity index (χ3v) is 5.29. The molecular formula is C23H24ClFN4O2. The minimum absolute atomic E-state index is 0.0282. The number of nitrogens with zero attached hydrogens (tertiary/aromatic N) is 2. The molecule has 1 aromatic heterocycles. The molecule has 31 heavy (non-hydrogen) atoms. The highest BCUT2D eigenvalue weighted by atomic mass is 35.5. The number of aromatic nitrogens is 2. The van der Waals surface area contributed by atoms with Crippen LogP contribution in [0.2, 0.25) is 5.02 Å². The highest BCUT2D eigenvalue weighted by Gasteiger charge is 2.14. The Morgan fingerprint density at radius 3 is 2.55 bits per heavy atom. The van der Waals surface area contributed by atoms with Crippen LogP contribution < -0.4 is 10.6 Å². The van der Waals surface area contributed by atoms with Crippen LogP contribution in [-0.2, 0) is 17.9 Å². The number of nitrogens with one attached hydrogen (secondary N) is 2. The third-order valence-electron chi connectivity index (χ3n) is 4.98. The van der Waals surface area contributed by atoms with Gasteiger partial charge in [-0.1, -0.05) is 41.9 Å². The summed E-state index contributed by atoms with van der Waals surface area (Å²) in [5.74, 6) is -1.16. The molecule has 8 heteroatoms. The third kappa shape index (κ3) is 5.92. The minimum atomic E-state index is -0.515. The molecule has 2 amide bonds. The SMILES string of the molecule is Cc1nn(Cc2ccccc2)c(C)c1CNC(=O)CCNC(=O)c1ccc(F)cc1Cl. The predicted molar refractivity (Wildman–Crippen MR) is 117 cm³/mol. The van der Waals surface area contributed by atoms with Crippen molar-refractivity contribution < 1.29 is 14.0 Å². The fraction of sp³-hybridized carbons (Fsp3) is 0.261. The van der Waals surface area contributed by atoms with Gasteiger partial charge in [0.15, 0.2) is 0 Å². The van der Waals surface area contributed by atoms with Gasteiger partial charge in [-0.15, -0.1) is 0 Å². The summed E-state index contributed by atoms with van der Waals surface area (Å²) in [6.45, 7) is 5.08. The average Bonchev–Trinajstić information content (AvgIpc) is 2.99. The molecule has 0 saturated heterocycles. The highest BCUT2D eigenvalue weighted by molar-refractivity contribution is 6.33. The van der Waals surface area contributed by atoms with Gasteiger partial charge in [0.25, 0.3) is 5.91 Å². The Balaban J connectivity index is 1.49. The van der Waals surface area contributed by atoms with Gasteiger partial charge in [-0.3, -0.25) is 14.3 Å². The summed E-state index contributed by atoms with van der Waals surface area (Å²) in [5.41, 5.74) is 4.17. The van der Waals surface area contributed by atoms with Crippen molar-refractivity contribution in [2.75, 3.05) is 6.54 Å². The van der Waals surface area contributed by atoms with E-state index in [4.69, 9.17) is 11.6 Å². The van der Waals surface area contributed by atoms with Crippen LogP contribution in [0.1, 0.15) is 39.3 Å². The van der Waals surface area contributed by atoms with Gasteiger partial charge in [0.1, 0.15) is 5.82 Å². The van der Waals surface area contributed by atoms with Crippen LogP contribution in [0.4, 0.5) is 4.39 Å². The molecule has 0 unspecified atom stereocenters. The zero-order valence-corrected chi connectivity index (χ0v) is 18.2. The molecule has 0 saturated carbocycles. The van der Waals surface area contributed by atoms with E-state index in [1.165, 1.54) is 6.07 Å². The Bertz CT molecular complexity index is 1080. The summed E-state index contributed by atoms with van der Waals surface area (Å²) in [7, 11) is 0. The first-order valence-electron chi connectivity index (χ1n) is 9.92. The van der Waals surface area contributed by atoms with Crippen molar-refractivity contribution in [2.24, 2.45) is 0 Å². The van der Waals surface area contributed by atoms with Crippen LogP contribution in [-0.4, -0.2) is 28.1 Å². The van der Waals surface area contributed by atoms with Crippen LogP contribution in [0.15, 0.2) is 48.5 Å². The second-order valence-electron chi connectivity index (χ2n) is 7.20. The zero-order chi connectivity index (χ0) is 22.4. The van der Waals surface area contributed by atoms with Crippen LogP contribution in [0.5, 0.6) is 0 Å². The maximum Gasteiger partial charge on any atom is 0.252 e. The Kier molecular flexibility index (Phi) is 7.41. The summed E-state index contributed by atoms with van der Waals surface area (Å²) < 4.78 is 15.0. The lowest BCUT2D eigenvalue weighted by atomic mass is 10.2. The molecule has 0 bridgehead atoms. The van der Waals surface area contributed by atoms with Gasteiger partial charge in [0, 0.05) is 30.8 Å². The van der Waals surface area contributed by atoms with Gasteiger partial charge in [0.2, 0.25) is 5.91 Å². The summed E-state index contributed by atoms with van der Waals surface area (Å²) >= 11 is 5.88. The van der Waals surface area contributed by atoms with Gasteiger partial charge < -0.3 is 10.6 Å². The lowest BCUT2D eigenvalue weighted by Gasteiger charge is -2.09. The van der Waals surface area contributed by atoms with Crippen molar-refractivity contribution in [1.29, 1.82) is 0 Å². The molecule has 0 atom stereocenters. The number of carbonyl (C=O) groups excluding carboxylic acids is 2. The Hall–Kier alpha value is -3.19. The molecule has 2 N–H and O–H groups in total. The van der Waals surface area contributed by atoms with E-state index >= 15 is 0 Å². The summed E-state index contributed by atoms with van der Waals surface area (Å²) in [6.07, 6.45) is 0.112. The molecule has 3 aromatic rings. The lowest BCUT2D eigenvalue weighted by molar-refractivity contribution is -0.121. The standard InChI is InChI=1S/C23H24ClFN4O2/c1-15-20(16(2)29(28-15)14-17-6-4-3-5-7-17)13-27-22(30)10-11-26-23(31)19-9-8-18(25)12-21(19)24/h3-9,12H,10-11,13-14H2,1-2H3,(H,26,31)(H,27,30). The maximum atomic E-state index is 13.1. The van der Waals surface area contributed by atoms with E-state index < -0.39 is 11.7 Å². The molecule has 3 rings (SSSR count). The number of carbonyl (C=O) groups is 2. The number of benzene rings is 2. The van der Waals surface area contributed by atoms with E-state index in [0.29, 0.717) is 13.1 Å². The number of halogens is 2. The topological polar surface area (TPSA) is 76.0 Å². The molecule has 0 spiro atoms. The first-order chi connectivity index (χ1) is 14.8. The van der Waals surface area contributed by atoms with E-state index in [2.05, 4.69) is 15.7 Å². The van der Waals surface area contributed by atoms with Gasteiger partial charge in [-0.2, -0.15) is 5.10 Å².